The Morgan fingerprint density at radius 2 is 1.52 bits per heavy atom. The Kier molecular flexibility index (Phi) is 9.08. The molecule has 9 heteroatoms. The van der Waals surface area contributed by atoms with Gasteiger partial charge in [0.15, 0.2) is 0 Å². The van der Waals surface area contributed by atoms with Crippen molar-refractivity contribution < 1.29 is 28.9 Å². The molecule has 1 aromatic rings. The molecule has 2 amide bonds. The van der Waals surface area contributed by atoms with Crippen molar-refractivity contribution in [2.75, 3.05) is 91.2 Å². The zero-order chi connectivity index (χ0) is 22.1. The molecule has 0 spiro atoms. The number of carbonyl (C=O) groups is 2. The van der Waals surface area contributed by atoms with Gasteiger partial charge in [0, 0.05) is 25.3 Å². The molecular formula is C22H37N5O4+2. The number of nitrogens with zero attached hydrogens (tertiary/aromatic N) is 1. The van der Waals surface area contributed by atoms with Crippen molar-refractivity contribution in [2.45, 2.75) is 6.04 Å². The van der Waals surface area contributed by atoms with E-state index in [9.17, 15) is 9.59 Å². The Labute approximate surface area is 184 Å². The Morgan fingerprint density at radius 3 is 2.13 bits per heavy atom. The molecule has 2 fully saturated rings. The molecule has 2 saturated heterocycles. The predicted molar refractivity (Wildman–Crippen MR) is 117 cm³/mol. The third-order valence-corrected chi connectivity index (χ3v) is 6.08. The molecule has 31 heavy (non-hydrogen) atoms. The first kappa shape index (κ1) is 23.5. The lowest BCUT2D eigenvalue weighted by atomic mass is 10.0. The zero-order valence-electron chi connectivity index (χ0n) is 18.7. The smallest absolute Gasteiger partial charge is 0.309 e. The maximum absolute atomic E-state index is 12.4. The molecule has 3 rings (SSSR count). The standard InChI is InChI=1S/C22H35N5O4/c1-25(2)19-5-3-18(4-6-19)20(27-11-15-31-16-12-27)17-24-22(29)21(28)23-7-8-26-9-13-30-14-10-26/h3-6,20H,7-17H2,1-2H3,(H,23,28)(H,24,29)/p+2/t20-/m1/s1. The van der Waals surface area contributed by atoms with Gasteiger partial charge in [0.05, 0.1) is 46.1 Å². The first-order valence-corrected chi connectivity index (χ1v) is 11.2. The summed E-state index contributed by atoms with van der Waals surface area (Å²) in [6.07, 6.45) is 0. The number of ether oxygens (including phenoxy) is 2. The highest BCUT2D eigenvalue weighted by molar-refractivity contribution is 6.35. The van der Waals surface area contributed by atoms with Crippen molar-refractivity contribution in [3.8, 4) is 0 Å². The van der Waals surface area contributed by atoms with Gasteiger partial charge in [-0.15, -0.1) is 0 Å². The van der Waals surface area contributed by atoms with Gasteiger partial charge >= 0.3 is 11.8 Å². The average Bonchev–Trinajstić information content (AvgIpc) is 2.80. The lowest BCUT2D eigenvalue weighted by Gasteiger charge is -2.32. The molecule has 9 nitrogen and oxygen atoms in total. The number of carbonyl (C=O) groups excluding carboxylic acids is 2. The molecule has 0 saturated carbocycles. The summed E-state index contributed by atoms with van der Waals surface area (Å²) in [5, 5.41) is 5.60. The van der Waals surface area contributed by atoms with Gasteiger partial charge in [-0.25, -0.2) is 0 Å². The summed E-state index contributed by atoms with van der Waals surface area (Å²) >= 11 is 0. The van der Waals surface area contributed by atoms with Crippen molar-refractivity contribution in [1.82, 2.24) is 10.6 Å². The molecule has 2 heterocycles. The van der Waals surface area contributed by atoms with Crippen molar-refractivity contribution >= 4 is 17.5 Å². The minimum Gasteiger partial charge on any atom is -0.378 e. The summed E-state index contributed by atoms with van der Waals surface area (Å²) in [7, 11) is 4.03. The fourth-order valence-electron chi connectivity index (χ4n) is 4.10. The molecule has 172 valence electrons. The van der Waals surface area contributed by atoms with Crippen LogP contribution in [-0.4, -0.2) is 98.2 Å². The van der Waals surface area contributed by atoms with Crippen LogP contribution in [0.1, 0.15) is 11.6 Å². The van der Waals surface area contributed by atoms with Gasteiger partial charge in [0.1, 0.15) is 32.2 Å². The molecule has 0 radical (unpaired) electrons. The number of rotatable bonds is 8. The van der Waals surface area contributed by atoms with Crippen LogP contribution in [0, 0.1) is 0 Å². The highest BCUT2D eigenvalue weighted by atomic mass is 16.5. The van der Waals surface area contributed by atoms with Crippen LogP contribution in [0.25, 0.3) is 0 Å². The molecular weight excluding hydrogens is 398 g/mol. The van der Waals surface area contributed by atoms with E-state index in [0.717, 1.165) is 57.2 Å². The molecule has 4 N–H and O–H groups in total. The second-order valence-electron chi connectivity index (χ2n) is 8.39. The minimum absolute atomic E-state index is 0.0784. The van der Waals surface area contributed by atoms with Gasteiger partial charge in [-0.05, 0) is 12.1 Å². The molecule has 0 bridgehead atoms. The second kappa shape index (κ2) is 12.0. The van der Waals surface area contributed by atoms with Crippen molar-refractivity contribution in [3.63, 3.8) is 0 Å². The summed E-state index contributed by atoms with van der Waals surface area (Å²) in [4.78, 5) is 29.5. The topological polar surface area (TPSA) is 88.8 Å². The van der Waals surface area contributed by atoms with Crippen LogP contribution in [0.4, 0.5) is 5.69 Å². The van der Waals surface area contributed by atoms with Crippen LogP contribution < -0.4 is 25.3 Å². The Bertz CT molecular complexity index is 700. The Balaban J connectivity index is 1.52. The van der Waals surface area contributed by atoms with Crippen LogP contribution in [0.15, 0.2) is 24.3 Å². The number of amides is 2. The number of anilines is 1. The third kappa shape index (κ3) is 7.17. The van der Waals surface area contributed by atoms with Crippen molar-refractivity contribution in [3.05, 3.63) is 29.8 Å². The van der Waals surface area contributed by atoms with E-state index in [4.69, 9.17) is 9.47 Å². The summed E-state index contributed by atoms with van der Waals surface area (Å²) in [5.41, 5.74) is 2.28. The largest absolute Gasteiger partial charge is 0.378 e. The van der Waals surface area contributed by atoms with Crippen molar-refractivity contribution in [1.29, 1.82) is 0 Å². The molecule has 1 atom stereocenters. The number of nitrogens with one attached hydrogen (secondary N) is 4. The fraction of sp³-hybridized carbons (Fsp3) is 0.636. The summed E-state index contributed by atoms with van der Waals surface area (Å²) in [6, 6.07) is 8.48. The van der Waals surface area contributed by atoms with Gasteiger partial charge in [-0.2, -0.15) is 0 Å². The molecule has 0 unspecified atom stereocenters. The fourth-order valence-corrected chi connectivity index (χ4v) is 4.10. The molecule has 1 aromatic carbocycles. The summed E-state index contributed by atoms with van der Waals surface area (Å²) in [6.45, 7) is 8.28. The van der Waals surface area contributed by atoms with E-state index in [1.54, 1.807) is 0 Å². The number of morpholine rings is 2. The van der Waals surface area contributed by atoms with E-state index in [-0.39, 0.29) is 6.04 Å². The maximum Gasteiger partial charge on any atom is 0.309 e. The zero-order valence-corrected chi connectivity index (χ0v) is 18.7. The highest BCUT2D eigenvalue weighted by Gasteiger charge is 2.28. The highest BCUT2D eigenvalue weighted by Crippen LogP contribution is 2.16. The Morgan fingerprint density at radius 1 is 0.935 bits per heavy atom. The van der Waals surface area contributed by atoms with E-state index in [2.05, 4.69) is 39.8 Å². The lowest BCUT2D eigenvalue weighted by Crippen LogP contribution is -3.15. The van der Waals surface area contributed by atoms with Crippen LogP contribution in [0.5, 0.6) is 0 Å². The average molecular weight is 436 g/mol. The van der Waals surface area contributed by atoms with Crippen molar-refractivity contribution in [2.24, 2.45) is 0 Å². The quantitative estimate of drug-likeness (QED) is 0.324. The van der Waals surface area contributed by atoms with Gasteiger partial charge < -0.3 is 34.8 Å². The number of hydrogen-bond donors (Lipinski definition) is 4. The van der Waals surface area contributed by atoms with E-state index in [1.807, 2.05) is 14.1 Å². The SMILES string of the molecule is CN(C)c1ccc([C@@H](CNC(=O)C(=O)NCC[NH+]2CCOCC2)[NH+]2CCOCC2)cc1. The van der Waals surface area contributed by atoms with E-state index in [0.29, 0.717) is 26.3 Å². The number of quaternary nitrogens is 2. The monoisotopic (exact) mass is 435 g/mol. The predicted octanol–water partition coefficient (Wildman–Crippen LogP) is -3.14. The van der Waals surface area contributed by atoms with Gasteiger partial charge in [0.2, 0.25) is 0 Å². The van der Waals surface area contributed by atoms with Gasteiger partial charge in [0.25, 0.3) is 0 Å². The van der Waals surface area contributed by atoms with Crippen LogP contribution in [0.2, 0.25) is 0 Å². The molecule has 2 aliphatic rings. The van der Waals surface area contributed by atoms with E-state index < -0.39 is 11.8 Å². The summed E-state index contributed by atoms with van der Waals surface area (Å²) in [5.74, 6) is -1.13. The van der Waals surface area contributed by atoms with Crippen LogP contribution >= 0.6 is 0 Å². The van der Waals surface area contributed by atoms with Gasteiger partial charge in [-0.3, -0.25) is 9.59 Å². The normalized spacial score (nSPS) is 18.9. The Hall–Kier alpha value is -2.20. The lowest BCUT2D eigenvalue weighted by molar-refractivity contribution is -0.937. The summed E-state index contributed by atoms with van der Waals surface area (Å²) < 4.78 is 10.8. The van der Waals surface area contributed by atoms with Crippen LogP contribution in [0.3, 0.4) is 0 Å². The van der Waals surface area contributed by atoms with Gasteiger partial charge in [-0.1, -0.05) is 12.1 Å². The first-order chi connectivity index (χ1) is 15.0. The number of hydrogen-bond acceptors (Lipinski definition) is 5. The van der Waals surface area contributed by atoms with Crippen LogP contribution in [-0.2, 0) is 19.1 Å². The minimum atomic E-state index is -0.570. The third-order valence-electron chi connectivity index (χ3n) is 6.08. The molecule has 2 aliphatic heterocycles. The first-order valence-electron chi connectivity index (χ1n) is 11.2. The number of benzene rings is 1. The van der Waals surface area contributed by atoms with E-state index in [1.165, 1.54) is 9.80 Å². The second-order valence-corrected chi connectivity index (χ2v) is 8.39. The maximum atomic E-state index is 12.4. The molecule has 0 aliphatic carbocycles. The molecule has 0 aromatic heterocycles. The van der Waals surface area contributed by atoms with E-state index >= 15 is 0 Å².